The molecule has 0 radical (unpaired) electrons. The van der Waals surface area contributed by atoms with E-state index in [0.29, 0.717) is 12.5 Å². The van der Waals surface area contributed by atoms with Crippen LogP contribution in [0.15, 0.2) is 18.2 Å². The lowest BCUT2D eigenvalue weighted by Gasteiger charge is -2.28. The second kappa shape index (κ2) is 8.60. The van der Waals surface area contributed by atoms with Crippen LogP contribution in [0, 0.1) is 5.92 Å². The second-order valence-corrected chi connectivity index (χ2v) is 7.50. The number of nitrogens with zero attached hydrogens (tertiary/aromatic N) is 2. The van der Waals surface area contributed by atoms with Crippen LogP contribution in [0.5, 0.6) is 0 Å². The summed E-state index contributed by atoms with van der Waals surface area (Å²) in [5, 5.41) is 2.18. The van der Waals surface area contributed by atoms with Crippen molar-refractivity contribution >= 4 is 29.1 Å². The maximum Gasteiger partial charge on any atom is 0.418 e. The molecule has 1 heterocycles. The Labute approximate surface area is 171 Å². The first-order valence-corrected chi connectivity index (χ1v) is 9.47. The monoisotopic (exact) mass is 428 g/mol. The minimum atomic E-state index is -4.80. The first-order chi connectivity index (χ1) is 14.1. The highest BCUT2D eigenvalue weighted by atomic mass is 19.4. The maximum absolute atomic E-state index is 13.7. The van der Waals surface area contributed by atoms with Gasteiger partial charge in [0.15, 0.2) is 6.04 Å². The van der Waals surface area contributed by atoms with E-state index in [-0.39, 0.29) is 25.4 Å². The summed E-state index contributed by atoms with van der Waals surface area (Å²) in [5.41, 5.74) is 3.74. The van der Waals surface area contributed by atoms with Crippen molar-refractivity contribution in [3.8, 4) is 0 Å². The molecular weight excluding hydrogens is 405 g/mol. The molecule has 164 valence electrons. The van der Waals surface area contributed by atoms with Gasteiger partial charge in [-0.2, -0.15) is 13.2 Å². The van der Waals surface area contributed by atoms with Crippen LogP contribution in [0.2, 0.25) is 0 Å². The van der Waals surface area contributed by atoms with Gasteiger partial charge in [-0.15, -0.1) is 0 Å². The van der Waals surface area contributed by atoms with Crippen LogP contribution in [-0.2, 0) is 25.3 Å². The van der Waals surface area contributed by atoms with E-state index in [1.54, 1.807) is 0 Å². The summed E-state index contributed by atoms with van der Waals surface area (Å²) in [5.74, 6) is -1.99. The maximum atomic E-state index is 13.7. The van der Waals surface area contributed by atoms with Gasteiger partial charge in [0.05, 0.1) is 17.9 Å². The van der Waals surface area contributed by atoms with Crippen LogP contribution < -0.4 is 16.0 Å². The van der Waals surface area contributed by atoms with Crippen LogP contribution in [0.4, 0.5) is 24.5 Å². The van der Waals surface area contributed by atoms with Crippen LogP contribution in [0.3, 0.4) is 0 Å². The Morgan fingerprint density at radius 1 is 1.37 bits per heavy atom. The number of halogens is 3. The third-order valence-corrected chi connectivity index (χ3v) is 5.07. The van der Waals surface area contributed by atoms with Crippen molar-refractivity contribution in [3.63, 3.8) is 0 Å². The Kier molecular flexibility index (Phi) is 6.32. The smallest absolute Gasteiger partial charge is 0.370 e. The summed E-state index contributed by atoms with van der Waals surface area (Å²) in [6, 6.07) is 1.78. The van der Waals surface area contributed by atoms with Gasteiger partial charge in [0.1, 0.15) is 6.61 Å². The molecule has 1 aromatic rings. The first-order valence-electron chi connectivity index (χ1n) is 9.47. The fraction of sp³-hybridized carbons (Fsp3) is 0.526. The molecular formula is C19H23F3N4O4. The van der Waals surface area contributed by atoms with Crippen molar-refractivity contribution in [3.05, 3.63) is 23.8 Å². The molecule has 8 nitrogen and oxygen atoms in total. The van der Waals surface area contributed by atoms with Gasteiger partial charge in [0.25, 0.3) is 11.8 Å². The number of hydrogen-bond acceptors (Lipinski definition) is 5. The molecule has 1 saturated carbocycles. The molecule has 30 heavy (non-hydrogen) atoms. The number of amides is 3. The highest BCUT2D eigenvalue weighted by Gasteiger charge is 2.38. The number of benzene rings is 1. The Morgan fingerprint density at radius 3 is 2.63 bits per heavy atom. The molecule has 2 aliphatic rings. The first kappa shape index (κ1) is 22.0. The van der Waals surface area contributed by atoms with Gasteiger partial charge in [-0.3, -0.25) is 19.3 Å². The molecule has 0 aromatic heterocycles. The number of hydrogen-bond donors (Lipinski definition) is 2. The number of alkyl halides is 3. The minimum Gasteiger partial charge on any atom is -0.370 e. The molecule has 0 spiro atoms. The molecule has 1 aliphatic heterocycles. The van der Waals surface area contributed by atoms with Gasteiger partial charge in [0.2, 0.25) is 5.91 Å². The zero-order valence-electron chi connectivity index (χ0n) is 16.4. The highest BCUT2D eigenvalue weighted by molar-refractivity contribution is 6.10. The van der Waals surface area contributed by atoms with Crippen molar-refractivity contribution in [1.82, 2.24) is 4.90 Å². The third-order valence-electron chi connectivity index (χ3n) is 5.07. The second-order valence-electron chi connectivity index (χ2n) is 7.50. The van der Waals surface area contributed by atoms with Crippen molar-refractivity contribution < 1.29 is 32.3 Å². The van der Waals surface area contributed by atoms with Crippen LogP contribution in [0.1, 0.15) is 18.4 Å². The summed E-state index contributed by atoms with van der Waals surface area (Å²) in [7, 11) is 1.53. The molecule has 3 N–H and O–H groups in total. The van der Waals surface area contributed by atoms with E-state index in [2.05, 4.69) is 5.32 Å². The number of carbonyl (C=O) groups is 3. The van der Waals surface area contributed by atoms with Gasteiger partial charge in [-0.25, -0.2) is 0 Å². The molecule has 2 fully saturated rings. The number of ether oxygens (including phenoxy) is 1. The van der Waals surface area contributed by atoms with E-state index in [0.717, 1.165) is 25.0 Å². The molecule has 1 aliphatic carbocycles. The molecule has 3 amide bonds. The lowest BCUT2D eigenvalue weighted by atomic mass is 10.1. The predicted octanol–water partition coefficient (Wildman–Crippen LogP) is 1.20. The Balaban J connectivity index is 1.85. The number of nitrogens with two attached hydrogens (primary N) is 1. The minimum absolute atomic E-state index is 0.0472. The molecule has 1 atom stereocenters. The Morgan fingerprint density at radius 2 is 2.07 bits per heavy atom. The number of likely N-dealkylation sites (N-methyl/N-ethyl adjacent to an activating group) is 1. The molecule has 1 aromatic carbocycles. The van der Waals surface area contributed by atoms with Gasteiger partial charge in [-0.05, 0) is 44.0 Å². The third kappa shape index (κ3) is 5.08. The summed E-state index contributed by atoms with van der Waals surface area (Å²) < 4.78 is 46.0. The highest BCUT2D eigenvalue weighted by Crippen LogP contribution is 2.38. The summed E-state index contributed by atoms with van der Waals surface area (Å²) in [4.78, 5) is 39.0. The lowest BCUT2D eigenvalue weighted by Crippen LogP contribution is -2.51. The van der Waals surface area contributed by atoms with E-state index in [1.807, 2.05) is 0 Å². The standard InChI is InChI=1S/C19H23F3N4O4/c1-25(9-11-2-3-11)16(17(23)28)18(29)24-14-5-4-12(8-13(14)19(20,21)22)26-6-7-30-10-15(26)27/h4-5,8,11,16H,2-3,6-7,9-10H2,1H3,(H2,23,28)(H,24,29)/t16-/m1/s1. The van der Waals surface area contributed by atoms with Crippen LogP contribution >= 0.6 is 0 Å². The molecule has 0 unspecified atom stereocenters. The normalized spacial score (nSPS) is 18.4. The van der Waals surface area contributed by atoms with Crippen molar-refractivity contribution in [1.29, 1.82) is 0 Å². The van der Waals surface area contributed by atoms with E-state index in [9.17, 15) is 27.6 Å². The van der Waals surface area contributed by atoms with E-state index < -0.39 is 41.2 Å². The van der Waals surface area contributed by atoms with Crippen molar-refractivity contribution in [2.45, 2.75) is 25.1 Å². The van der Waals surface area contributed by atoms with Crippen molar-refractivity contribution in [2.75, 3.05) is 43.6 Å². The number of primary amides is 1. The van der Waals surface area contributed by atoms with Crippen molar-refractivity contribution in [2.24, 2.45) is 11.7 Å². The van der Waals surface area contributed by atoms with Gasteiger partial charge in [0, 0.05) is 18.8 Å². The number of anilines is 2. The van der Waals surface area contributed by atoms with Gasteiger partial charge >= 0.3 is 6.18 Å². The van der Waals surface area contributed by atoms with Crippen LogP contribution in [0.25, 0.3) is 0 Å². The quantitative estimate of drug-likeness (QED) is 0.635. The molecule has 11 heteroatoms. The lowest BCUT2D eigenvalue weighted by molar-refractivity contribution is -0.137. The molecule has 0 bridgehead atoms. The summed E-state index contributed by atoms with van der Waals surface area (Å²) in [6.07, 6.45) is -2.86. The topological polar surface area (TPSA) is 105 Å². The van der Waals surface area contributed by atoms with E-state index in [4.69, 9.17) is 10.5 Å². The number of morpholine rings is 1. The summed E-state index contributed by atoms with van der Waals surface area (Å²) >= 11 is 0. The molecule has 3 rings (SSSR count). The van der Waals surface area contributed by atoms with Gasteiger partial charge < -0.3 is 20.7 Å². The fourth-order valence-corrected chi connectivity index (χ4v) is 3.40. The fourth-order valence-electron chi connectivity index (χ4n) is 3.40. The number of rotatable bonds is 7. The number of nitrogens with one attached hydrogen (secondary N) is 1. The number of carbonyl (C=O) groups excluding carboxylic acids is 3. The predicted molar refractivity (Wildman–Crippen MR) is 102 cm³/mol. The summed E-state index contributed by atoms with van der Waals surface area (Å²) in [6.45, 7) is 0.565. The largest absolute Gasteiger partial charge is 0.418 e. The average molecular weight is 428 g/mol. The van der Waals surface area contributed by atoms with E-state index in [1.165, 1.54) is 22.9 Å². The van der Waals surface area contributed by atoms with Crippen LogP contribution in [-0.4, -0.2) is 62.0 Å². The van der Waals surface area contributed by atoms with Gasteiger partial charge in [-0.1, -0.05) is 0 Å². The SMILES string of the molecule is CN(CC1CC1)[C@H](C(N)=O)C(=O)Nc1ccc(N2CCOCC2=O)cc1C(F)(F)F. The average Bonchev–Trinajstić information content (AvgIpc) is 3.45. The zero-order chi connectivity index (χ0) is 22.1. The molecule has 1 saturated heterocycles. The Bertz CT molecular complexity index is 842. The Hall–Kier alpha value is -2.66. The van der Waals surface area contributed by atoms with E-state index >= 15 is 0 Å². The zero-order valence-corrected chi connectivity index (χ0v) is 16.4.